The van der Waals surface area contributed by atoms with Crippen molar-refractivity contribution in [1.82, 2.24) is 20.0 Å². The minimum absolute atomic E-state index is 0. The van der Waals surface area contributed by atoms with Gasteiger partial charge in [-0.3, -0.25) is 9.67 Å². The van der Waals surface area contributed by atoms with Crippen molar-refractivity contribution in [3.63, 3.8) is 0 Å². The van der Waals surface area contributed by atoms with Gasteiger partial charge < -0.3 is 10.2 Å². The van der Waals surface area contributed by atoms with Crippen LogP contribution in [0, 0.1) is 6.92 Å². The molecule has 0 bridgehead atoms. The van der Waals surface area contributed by atoms with Crippen molar-refractivity contribution < 1.29 is 0 Å². The molecule has 0 aliphatic rings. The van der Waals surface area contributed by atoms with Gasteiger partial charge in [-0.25, -0.2) is 0 Å². The molecule has 0 aromatic carbocycles. The van der Waals surface area contributed by atoms with E-state index in [0.717, 1.165) is 38.6 Å². The summed E-state index contributed by atoms with van der Waals surface area (Å²) in [5.41, 5.74) is 1.19. The van der Waals surface area contributed by atoms with Crippen LogP contribution in [0.1, 0.15) is 38.2 Å². The van der Waals surface area contributed by atoms with E-state index in [1.54, 1.807) is 0 Å². The highest BCUT2D eigenvalue weighted by Gasteiger charge is 2.04. The van der Waals surface area contributed by atoms with Gasteiger partial charge in [-0.1, -0.05) is 12.5 Å². The lowest BCUT2D eigenvalue weighted by Crippen LogP contribution is -2.39. The van der Waals surface area contributed by atoms with Crippen molar-refractivity contribution >= 4 is 29.9 Å². The molecule has 0 saturated carbocycles. The average molecular weight is 433 g/mol. The number of aryl methyl sites for hydroxylation is 1. The van der Waals surface area contributed by atoms with Crippen LogP contribution in [0.15, 0.2) is 30.0 Å². The molecule has 0 radical (unpaired) electrons. The summed E-state index contributed by atoms with van der Waals surface area (Å²) in [5.74, 6) is 0.982. The van der Waals surface area contributed by atoms with Crippen molar-refractivity contribution in [2.75, 3.05) is 26.7 Å². The predicted molar refractivity (Wildman–Crippen MR) is 110 cm³/mol. The van der Waals surface area contributed by atoms with Crippen molar-refractivity contribution in [1.29, 1.82) is 0 Å². The summed E-state index contributed by atoms with van der Waals surface area (Å²) in [6, 6.07) is 0. The Kier molecular flexibility index (Phi) is 12.8. The second kappa shape index (κ2) is 13.4. The van der Waals surface area contributed by atoms with Gasteiger partial charge in [0.2, 0.25) is 0 Å². The lowest BCUT2D eigenvalue weighted by molar-refractivity contribution is 0.454. The number of aromatic nitrogens is 2. The number of rotatable bonds is 10. The third-order valence-electron chi connectivity index (χ3n) is 3.45. The molecule has 0 aliphatic heterocycles. The lowest BCUT2D eigenvalue weighted by Gasteiger charge is -2.22. The average Bonchev–Trinajstić information content (AvgIpc) is 2.91. The Balaban J connectivity index is 0.00000484. The second-order valence-corrected chi connectivity index (χ2v) is 5.58. The highest BCUT2D eigenvalue weighted by molar-refractivity contribution is 14.0. The molecule has 1 rings (SSSR count). The molecule has 0 fully saturated rings. The number of aliphatic imine (C=N–C) groups is 1. The smallest absolute Gasteiger partial charge is 0.193 e. The lowest BCUT2D eigenvalue weighted by atomic mass is 10.2. The first kappa shape index (κ1) is 21.9. The first-order valence-corrected chi connectivity index (χ1v) is 8.26. The third kappa shape index (κ3) is 9.63. The Morgan fingerprint density at radius 1 is 1.43 bits per heavy atom. The Bertz CT molecular complexity index is 456. The number of halogens is 1. The van der Waals surface area contributed by atoms with Gasteiger partial charge in [-0.2, -0.15) is 5.10 Å². The van der Waals surface area contributed by atoms with Crippen LogP contribution < -0.4 is 5.32 Å². The number of hydrogen-bond donors (Lipinski definition) is 1. The number of allylic oxidation sites excluding steroid dienone is 1. The first-order chi connectivity index (χ1) is 10.7. The van der Waals surface area contributed by atoms with E-state index in [9.17, 15) is 0 Å². The van der Waals surface area contributed by atoms with Gasteiger partial charge >= 0.3 is 0 Å². The maximum atomic E-state index is 4.69. The summed E-state index contributed by atoms with van der Waals surface area (Å²) in [5, 5.41) is 7.64. The number of guanidine groups is 1. The highest BCUT2D eigenvalue weighted by Crippen LogP contribution is 2.02. The Labute approximate surface area is 158 Å². The fourth-order valence-electron chi connectivity index (χ4n) is 2.24. The fourth-order valence-corrected chi connectivity index (χ4v) is 2.24. The quantitative estimate of drug-likeness (QED) is 0.202. The zero-order valence-electron chi connectivity index (χ0n) is 14.8. The summed E-state index contributed by atoms with van der Waals surface area (Å²) in [7, 11) is 2.10. The Morgan fingerprint density at radius 3 is 2.83 bits per heavy atom. The van der Waals surface area contributed by atoms with Crippen molar-refractivity contribution in [3.8, 4) is 0 Å². The maximum Gasteiger partial charge on any atom is 0.193 e. The number of nitrogens with one attached hydrogen (secondary N) is 1. The molecule has 0 aliphatic carbocycles. The topological polar surface area (TPSA) is 45.5 Å². The normalized spacial score (nSPS) is 11.0. The molecular weight excluding hydrogens is 401 g/mol. The molecule has 0 unspecified atom stereocenters. The molecule has 1 aromatic heterocycles. The van der Waals surface area contributed by atoms with E-state index in [2.05, 4.69) is 47.8 Å². The molecule has 132 valence electrons. The summed E-state index contributed by atoms with van der Waals surface area (Å²) in [4.78, 5) is 6.90. The van der Waals surface area contributed by atoms with E-state index >= 15 is 0 Å². The molecule has 5 nitrogen and oxygen atoms in total. The van der Waals surface area contributed by atoms with Crippen LogP contribution in [0.25, 0.3) is 0 Å². The van der Waals surface area contributed by atoms with E-state index in [1.165, 1.54) is 24.8 Å². The van der Waals surface area contributed by atoms with Gasteiger partial charge in [-0.05, 0) is 38.7 Å². The molecule has 1 aromatic rings. The highest BCUT2D eigenvalue weighted by atomic mass is 127. The second-order valence-electron chi connectivity index (χ2n) is 5.58. The molecule has 1 heterocycles. The molecule has 0 saturated heterocycles. The Morgan fingerprint density at radius 2 is 2.22 bits per heavy atom. The van der Waals surface area contributed by atoms with Crippen molar-refractivity contribution in [2.45, 2.75) is 46.1 Å². The molecule has 23 heavy (non-hydrogen) atoms. The summed E-state index contributed by atoms with van der Waals surface area (Å²) in [6.07, 6.45) is 10.7. The van der Waals surface area contributed by atoms with Crippen LogP contribution in [-0.2, 0) is 6.54 Å². The van der Waals surface area contributed by atoms with E-state index in [4.69, 9.17) is 0 Å². The van der Waals surface area contributed by atoms with Gasteiger partial charge in [0.1, 0.15) is 0 Å². The van der Waals surface area contributed by atoms with Gasteiger partial charge in [0.15, 0.2) is 5.96 Å². The maximum absolute atomic E-state index is 4.69. The molecular formula is C17H32IN5. The monoisotopic (exact) mass is 433 g/mol. The first-order valence-electron chi connectivity index (χ1n) is 8.26. The number of unbranched alkanes of at least 4 members (excludes halogenated alkanes) is 3. The summed E-state index contributed by atoms with van der Waals surface area (Å²) in [6.45, 7) is 11.4. The van der Waals surface area contributed by atoms with Crippen LogP contribution in [0.4, 0.5) is 0 Å². The number of nitrogens with zero attached hydrogens (tertiary/aromatic N) is 4. The van der Waals surface area contributed by atoms with Gasteiger partial charge in [0, 0.05) is 26.3 Å². The van der Waals surface area contributed by atoms with Crippen LogP contribution in [-0.4, -0.2) is 47.3 Å². The van der Waals surface area contributed by atoms with Crippen LogP contribution >= 0.6 is 24.0 Å². The van der Waals surface area contributed by atoms with Crippen molar-refractivity contribution in [3.05, 3.63) is 30.6 Å². The summed E-state index contributed by atoms with van der Waals surface area (Å²) >= 11 is 0. The SMILES string of the molecule is C=CCCCCCN(C)C(=NCCn1cc(C)cn1)NCC.I. The van der Waals surface area contributed by atoms with E-state index < -0.39 is 0 Å². The van der Waals surface area contributed by atoms with Crippen LogP contribution in [0.3, 0.4) is 0 Å². The van der Waals surface area contributed by atoms with Gasteiger partial charge in [0.05, 0.1) is 19.3 Å². The predicted octanol–water partition coefficient (Wildman–Crippen LogP) is 3.45. The fraction of sp³-hybridized carbons (Fsp3) is 0.647. The van der Waals surface area contributed by atoms with Crippen molar-refractivity contribution in [2.24, 2.45) is 4.99 Å². The molecule has 0 amide bonds. The van der Waals surface area contributed by atoms with Gasteiger partial charge in [-0.15, -0.1) is 30.6 Å². The standard InChI is InChI=1S/C17H31N5.HI/c1-5-7-8-9-10-12-21(4)17(18-6-2)19-11-13-22-15-16(3)14-20-22;/h5,14-15H,1,6-13H2,2-4H3,(H,18,19);1H. The number of hydrogen-bond acceptors (Lipinski definition) is 2. The third-order valence-corrected chi connectivity index (χ3v) is 3.45. The van der Waals surface area contributed by atoms with E-state index in [0.29, 0.717) is 0 Å². The van der Waals surface area contributed by atoms with Crippen LogP contribution in [0.2, 0.25) is 0 Å². The minimum Gasteiger partial charge on any atom is -0.357 e. The molecule has 0 atom stereocenters. The molecule has 6 heteroatoms. The van der Waals surface area contributed by atoms with E-state index in [1.807, 2.05) is 23.2 Å². The molecule has 1 N–H and O–H groups in total. The van der Waals surface area contributed by atoms with E-state index in [-0.39, 0.29) is 24.0 Å². The van der Waals surface area contributed by atoms with Gasteiger partial charge in [0.25, 0.3) is 0 Å². The van der Waals surface area contributed by atoms with Crippen LogP contribution in [0.5, 0.6) is 0 Å². The Hall–Kier alpha value is -1.05. The molecule has 0 spiro atoms. The minimum atomic E-state index is 0. The largest absolute Gasteiger partial charge is 0.357 e. The zero-order chi connectivity index (χ0) is 16.2. The zero-order valence-corrected chi connectivity index (χ0v) is 17.1. The summed E-state index contributed by atoms with van der Waals surface area (Å²) < 4.78 is 1.94.